The number of pyridine rings is 8. The Bertz CT molecular complexity index is 9420. The maximum atomic E-state index is 14.8. The van der Waals surface area contributed by atoms with Gasteiger partial charge < -0.3 is 17.6 Å². The number of aromatic nitrogens is 4. The quantitative estimate of drug-likeness (QED) is 0.122. The Morgan fingerprint density at radius 1 is 0.174 bits per heavy atom. The van der Waals surface area contributed by atoms with E-state index in [0.717, 1.165) is 17.6 Å². The summed E-state index contributed by atoms with van der Waals surface area (Å²) >= 11 is 0. The van der Waals surface area contributed by atoms with Gasteiger partial charge >= 0.3 is 0 Å². The first-order valence-electron chi connectivity index (χ1n) is 46.8. The van der Waals surface area contributed by atoms with E-state index in [0.29, 0.717) is 0 Å². The lowest BCUT2D eigenvalue weighted by Gasteiger charge is -2.16. The van der Waals surface area contributed by atoms with Gasteiger partial charge in [-0.15, -0.1) is 0 Å². The predicted molar refractivity (Wildman–Crippen MR) is 373 cm³/mol. The lowest BCUT2D eigenvalue weighted by atomic mass is 9.95. The number of benzene rings is 12. The molecule has 0 bridgehead atoms. The van der Waals surface area contributed by atoms with Gasteiger partial charge in [-0.2, -0.15) is 0 Å². The summed E-state index contributed by atoms with van der Waals surface area (Å²) in [5.41, 5.74) is -22.9. The lowest BCUT2D eigenvalue weighted by Crippen LogP contribution is -2.14. The standard InChI is InChI=1S/2C40H20N2O4/c43-37-23-8-1-4-13-31(23)42-34-17-16-21(18-28(34)40(46)27-12-7-11-26(37)35(27)42)22-19-29-36-30(20-22)39(45)25-10-3-6-15-33(25)41(36)32-14-5-2-9-24(32)38(29)44;43-37-23-7-1-3-13-31(23)41-33-19-21(15-17-25(33)39(45)29-11-5-9-27(37)35(29)41)22-16-18-26-34(20-22)42-32-14-4-2-8-24(32)38(44)28-10-6-12-30(36(28)42)40(26)46/h2*1-20H/i2*1D,2D,3D,4D,5D,6D,7D,8D,9D,10D,11D,12D,13D,14D,15D,16D,17D,18D,19D,20D. The smallest absolute Gasteiger partial charge is 0.197 e. The van der Waals surface area contributed by atoms with Crippen LogP contribution in [0, 0.1) is 0 Å². The van der Waals surface area contributed by atoms with Crippen molar-refractivity contribution in [3.8, 4) is 22.3 Å². The van der Waals surface area contributed by atoms with Gasteiger partial charge in [0.05, 0.1) is 121 Å². The third-order valence-corrected chi connectivity index (χ3v) is 16.1. The highest BCUT2D eigenvalue weighted by atomic mass is 16.1. The molecule has 428 valence electrons. The van der Waals surface area contributed by atoms with Crippen LogP contribution in [0.1, 0.15) is 54.8 Å². The van der Waals surface area contributed by atoms with Gasteiger partial charge in [0.2, 0.25) is 0 Å². The molecule has 8 aromatic heterocycles. The highest BCUT2D eigenvalue weighted by molar-refractivity contribution is 6.14. The molecule has 0 saturated heterocycles. The Morgan fingerprint density at radius 2 is 0.391 bits per heavy atom. The number of hydrogen-bond donors (Lipinski definition) is 0. The number of hydrogen-bond acceptors (Lipinski definition) is 8. The van der Waals surface area contributed by atoms with E-state index >= 15 is 0 Å². The van der Waals surface area contributed by atoms with E-state index in [9.17, 15) is 53.4 Å². The van der Waals surface area contributed by atoms with Gasteiger partial charge in [0, 0.05) is 86.2 Å². The Balaban J connectivity index is 0.000000170. The number of fused-ring (bicyclic) bond motifs is 16. The van der Waals surface area contributed by atoms with Crippen LogP contribution in [0.3, 0.4) is 0 Å². The molecule has 8 heterocycles. The summed E-state index contributed by atoms with van der Waals surface area (Å²) in [6.45, 7) is 0. The second-order valence-electron chi connectivity index (χ2n) is 20.7. The van der Waals surface area contributed by atoms with Gasteiger partial charge in [0.1, 0.15) is 0 Å². The summed E-state index contributed by atoms with van der Waals surface area (Å²) in [5.74, 6) is 0. The normalized spacial score (nSPS) is 18.3. The molecule has 20 aromatic rings. The summed E-state index contributed by atoms with van der Waals surface area (Å²) in [4.78, 5) is 116. The zero-order valence-corrected chi connectivity index (χ0v) is 45.1. The Labute approximate surface area is 570 Å². The minimum atomic E-state index is -1.38. The number of nitrogens with zero attached hydrogens (tertiary/aromatic N) is 4. The molecule has 0 atom stereocenters. The molecule has 12 aromatic carbocycles. The van der Waals surface area contributed by atoms with E-state index in [2.05, 4.69) is 0 Å². The minimum Gasteiger partial charge on any atom is -0.308 e. The van der Waals surface area contributed by atoms with Crippen molar-refractivity contribution in [2.24, 2.45) is 0 Å². The van der Waals surface area contributed by atoms with Crippen molar-refractivity contribution in [2.75, 3.05) is 0 Å². The molecule has 12 nitrogen and oxygen atoms in total. The van der Waals surface area contributed by atoms with Gasteiger partial charge in [0.15, 0.2) is 43.4 Å². The molecule has 20 rings (SSSR count). The molecule has 0 amide bonds. The first kappa shape index (κ1) is 25.7. The predicted octanol–water partition coefficient (Wildman–Crippen LogP) is 14.2. The van der Waals surface area contributed by atoms with Gasteiger partial charge in [-0.3, -0.25) is 38.4 Å². The molecule has 0 radical (unpaired) electrons. The van der Waals surface area contributed by atoms with Crippen LogP contribution >= 0.6 is 0 Å². The molecular formula is C80H40N4O8. The molecule has 0 saturated carbocycles. The molecule has 0 N–H and O–H groups in total. The second kappa shape index (κ2) is 18.4. The summed E-state index contributed by atoms with van der Waals surface area (Å²) in [7, 11) is 0. The molecule has 0 unspecified atom stereocenters. The first-order chi connectivity index (χ1) is 61.7. The highest BCUT2D eigenvalue weighted by Gasteiger charge is 2.24. The topological polar surface area (TPSA) is 154 Å². The fourth-order valence-electron chi connectivity index (χ4n) is 12.2. The Morgan fingerprint density at radius 3 is 0.728 bits per heavy atom. The average molecular weight is 1230 g/mol. The van der Waals surface area contributed by atoms with E-state index in [1.807, 2.05) is 0 Å². The Hall–Kier alpha value is -12.8. The van der Waals surface area contributed by atoms with Gasteiger partial charge in [-0.1, -0.05) is 96.7 Å². The van der Waals surface area contributed by atoms with Crippen LogP contribution < -0.4 is 43.4 Å². The summed E-state index contributed by atoms with van der Waals surface area (Å²) in [5, 5.41) is -13.3. The van der Waals surface area contributed by atoms with Crippen molar-refractivity contribution >= 4 is 152 Å². The van der Waals surface area contributed by atoms with E-state index in [4.69, 9.17) is 39.8 Å². The molecule has 0 fully saturated rings. The van der Waals surface area contributed by atoms with Crippen molar-refractivity contribution in [1.29, 1.82) is 0 Å². The number of para-hydroxylation sites is 8. The van der Waals surface area contributed by atoms with E-state index in [-0.39, 0.29) is 0 Å². The van der Waals surface area contributed by atoms with E-state index in [1.54, 1.807) is 0 Å². The zero-order chi connectivity index (χ0) is 96.5. The molecule has 92 heavy (non-hydrogen) atoms. The fourth-order valence-corrected chi connectivity index (χ4v) is 12.2. The third-order valence-electron chi connectivity index (χ3n) is 16.1. The average Bonchev–Trinajstić information content (AvgIpc) is 0.690. The maximum absolute atomic E-state index is 14.8. The fraction of sp³-hybridized carbons (Fsp3) is 0. The Kier molecular flexibility index (Phi) is 5.14. The van der Waals surface area contributed by atoms with Crippen LogP contribution in [-0.2, 0) is 0 Å². The largest absolute Gasteiger partial charge is 0.308 e. The van der Waals surface area contributed by atoms with Crippen molar-refractivity contribution in [2.45, 2.75) is 0 Å². The summed E-state index contributed by atoms with van der Waals surface area (Å²) < 4.78 is 357. The monoisotopic (exact) mass is 1220 g/mol. The van der Waals surface area contributed by atoms with Crippen LogP contribution in [0.2, 0.25) is 0 Å². The SMILES string of the molecule is [2H]c1c([2H])c([2H])c2c(c1[2H])c(=O)c1c([2H])c([2H])c([2H])c3c(=O)c4c([2H])c(-c5c([2H])c6c(=O)c7c([2H])c([2H])c([2H])c([2H])c7n7c8c([2H])c([2H])c([2H])c([2H])c8c(=O)c(c5[2H])c67)c([2H])c([2H])c4n2c13.[2H]c1c([2H])c([2H])c2c(c1[2H])c(=O)c1c([2H])c([2H])c([2H])c3c(=O)c4c([2H])c([2H])c(-c5c([2H])c([2H])c6c(=O)c7c([2H])c([2H])c([2H])c8c(=O)c9c([2H])c([2H])c([2H])c([2H])c9n(c6c5[2H])c87)c([2H])c4n2c13. The van der Waals surface area contributed by atoms with Crippen molar-refractivity contribution in [1.82, 2.24) is 17.6 Å². The third kappa shape index (κ3) is 6.67. The zero-order valence-electron chi connectivity index (χ0n) is 85.1. The van der Waals surface area contributed by atoms with Crippen molar-refractivity contribution in [3.05, 3.63) is 323 Å². The molecule has 0 aliphatic rings. The first-order valence-corrected chi connectivity index (χ1v) is 26.8. The van der Waals surface area contributed by atoms with Crippen molar-refractivity contribution < 1.29 is 54.8 Å². The molecule has 12 heteroatoms. The van der Waals surface area contributed by atoms with E-state index < -0.39 is 460 Å². The van der Waals surface area contributed by atoms with Crippen LogP contribution in [-0.4, -0.2) is 17.6 Å². The van der Waals surface area contributed by atoms with Crippen LogP contribution in [0.15, 0.2) is 280 Å². The maximum Gasteiger partial charge on any atom is 0.197 e. The van der Waals surface area contributed by atoms with Gasteiger partial charge in [-0.05, 0) is 167 Å². The molecule has 0 aliphatic carbocycles. The summed E-state index contributed by atoms with van der Waals surface area (Å²) in [6.07, 6.45) is 0. The van der Waals surface area contributed by atoms with Crippen LogP contribution in [0.25, 0.3) is 175 Å². The van der Waals surface area contributed by atoms with Gasteiger partial charge in [-0.25, -0.2) is 0 Å². The molecule has 0 aliphatic heterocycles. The highest BCUT2D eigenvalue weighted by Crippen LogP contribution is 2.37. The van der Waals surface area contributed by atoms with Crippen LogP contribution in [0.4, 0.5) is 0 Å². The van der Waals surface area contributed by atoms with E-state index in [1.165, 1.54) is 0 Å². The molecule has 0 spiro atoms. The summed E-state index contributed by atoms with van der Waals surface area (Å²) in [6, 6.07) is -39.2. The van der Waals surface area contributed by atoms with Crippen LogP contribution in [0.5, 0.6) is 0 Å². The number of rotatable bonds is 2. The van der Waals surface area contributed by atoms with Gasteiger partial charge in [0.25, 0.3) is 0 Å². The lowest BCUT2D eigenvalue weighted by molar-refractivity contribution is 1.30. The second-order valence-corrected chi connectivity index (χ2v) is 20.7. The minimum absolute atomic E-state index is 0.649. The van der Waals surface area contributed by atoms with Crippen molar-refractivity contribution in [3.63, 3.8) is 0 Å². The molecular weight excluding hydrogens is 1140 g/mol.